The van der Waals surface area contributed by atoms with E-state index in [-0.39, 0.29) is 18.8 Å². The molecule has 3 unspecified atom stereocenters. The van der Waals surface area contributed by atoms with Gasteiger partial charge < -0.3 is 24.8 Å². The van der Waals surface area contributed by atoms with Crippen molar-refractivity contribution in [2.75, 3.05) is 7.11 Å². The molecule has 1 fully saturated rings. The molecule has 5 nitrogen and oxygen atoms in total. The van der Waals surface area contributed by atoms with Crippen molar-refractivity contribution in [3.8, 4) is 5.75 Å². The summed E-state index contributed by atoms with van der Waals surface area (Å²) in [7, 11) is 1.53. The standard InChI is InChI=1S/C15H20O5/c1-9-15(20-9)14(18)12(17)7-6-10-4-3-5-13(19-2)11(10)8-16/h3-7,9,12,14-18H,8H2,1-2H3/b7-6+/t9?,12?,14-,15?/m1/s1. The number of hydrogen-bond donors (Lipinski definition) is 3. The van der Waals surface area contributed by atoms with Gasteiger partial charge in [-0.1, -0.05) is 24.3 Å². The van der Waals surface area contributed by atoms with Crippen LogP contribution in [0.2, 0.25) is 0 Å². The maximum atomic E-state index is 9.89. The fraction of sp³-hybridized carbons (Fsp3) is 0.467. The Bertz CT molecular complexity index is 485. The second-order valence-electron chi connectivity index (χ2n) is 4.83. The fourth-order valence-electron chi connectivity index (χ4n) is 2.17. The highest BCUT2D eigenvalue weighted by Gasteiger charge is 2.43. The second-order valence-corrected chi connectivity index (χ2v) is 4.83. The maximum Gasteiger partial charge on any atom is 0.124 e. The van der Waals surface area contributed by atoms with Crippen molar-refractivity contribution in [1.82, 2.24) is 0 Å². The number of hydrogen-bond acceptors (Lipinski definition) is 5. The Morgan fingerprint density at radius 1 is 1.40 bits per heavy atom. The molecule has 3 N–H and O–H groups in total. The molecule has 0 bridgehead atoms. The van der Waals surface area contributed by atoms with Crippen LogP contribution in [0.5, 0.6) is 5.75 Å². The summed E-state index contributed by atoms with van der Waals surface area (Å²) in [4.78, 5) is 0. The molecule has 0 radical (unpaired) electrons. The third-order valence-corrected chi connectivity index (χ3v) is 3.46. The van der Waals surface area contributed by atoms with Crippen LogP contribution in [0.1, 0.15) is 18.1 Å². The van der Waals surface area contributed by atoms with Gasteiger partial charge in [-0.3, -0.25) is 0 Å². The molecule has 110 valence electrons. The van der Waals surface area contributed by atoms with Crippen LogP contribution in [0.3, 0.4) is 0 Å². The first kappa shape index (κ1) is 15.0. The van der Waals surface area contributed by atoms with Crippen molar-refractivity contribution in [3.05, 3.63) is 35.4 Å². The van der Waals surface area contributed by atoms with Gasteiger partial charge in [0, 0.05) is 5.56 Å². The lowest BCUT2D eigenvalue weighted by Gasteiger charge is -2.13. The molecule has 5 heteroatoms. The van der Waals surface area contributed by atoms with E-state index in [2.05, 4.69) is 0 Å². The molecule has 0 spiro atoms. The topological polar surface area (TPSA) is 82.5 Å². The Morgan fingerprint density at radius 3 is 2.65 bits per heavy atom. The highest BCUT2D eigenvalue weighted by Crippen LogP contribution is 2.27. The van der Waals surface area contributed by atoms with E-state index in [1.54, 1.807) is 24.3 Å². The van der Waals surface area contributed by atoms with Gasteiger partial charge in [-0.05, 0) is 18.6 Å². The summed E-state index contributed by atoms with van der Waals surface area (Å²) in [6, 6.07) is 5.36. The minimum Gasteiger partial charge on any atom is -0.496 e. The Hall–Kier alpha value is -1.40. The van der Waals surface area contributed by atoms with Gasteiger partial charge in [0.25, 0.3) is 0 Å². The van der Waals surface area contributed by atoms with E-state index in [4.69, 9.17) is 9.47 Å². The van der Waals surface area contributed by atoms with Crippen LogP contribution in [0.15, 0.2) is 24.3 Å². The molecule has 0 aromatic heterocycles. The predicted molar refractivity (Wildman–Crippen MR) is 74.3 cm³/mol. The zero-order valence-corrected chi connectivity index (χ0v) is 11.6. The lowest BCUT2D eigenvalue weighted by atomic mass is 10.0. The first-order chi connectivity index (χ1) is 9.58. The smallest absolute Gasteiger partial charge is 0.124 e. The number of aliphatic hydroxyl groups excluding tert-OH is 3. The maximum absolute atomic E-state index is 9.89. The Morgan fingerprint density at radius 2 is 2.10 bits per heavy atom. The Kier molecular flexibility index (Phi) is 4.77. The SMILES string of the molecule is COc1cccc(/C=C/C(O)[C@@H](O)C2OC2C)c1CO. The average molecular weight is 280 g/mol. The lowest BCUT2D eigenvalue weighted by molar-refractivity contribution is 0.0297. The van der Waals surface area contributed by atoms with Gasteiger partial charge in [0.15, 0.2) is 0 Å². The van der Waals surface area contributed by atoms with E-state index in [0.717, 1.165) is 5.56 Å². The normalized spacial score (nSPS) is 24.6. The second kappa shape index (κ2) is 6.37. The molecule has 20 heavy (non-hydrogen) atoms. The predicted octanol–water partition coefficient (Wildman–Crippen LogP) is 0.710. The molecule has 0 amide bonds. The van der Waals surface area contributed by atoms with Crippen LogP contribution in [0.4, 0.5) is 0 Å². The summed E-state index contributed by atoms with van der Waals surface area (Å²) in [5, 5.41) is 29.1. The van der Waals surface area contributed by atoms with Crippen molar-refractivity contribution in [1.29, 1.82) is 0 Å². The van der Waals surface area contributed by atoms with E-state index in [1.807, 2.05) is 6.92 Å². The van der Waals surface area contributed by atoms with Gasteiger partial charge in [-0.2, -0.15) is 0 Å². The molecule has 1 aliphatic rings. The molecule has 2 rings (SSSR count). The van der Waals surface area contributed by atoms with Crippen molar-refractivity contribution in [3.63, 3.8) is 0 Å². The molecule has 4 atom stereocenters. The first-order valence-corrected chi connectivity index (χ1v) is 6.55. The molecule has 1 aliphatic heterocycles. The monoisotopic (exact) mass is 280 g/mol. The van der Waals surface area contributed by atoms with Crippen molar-refractivity contribution in [2.24, 2.45) is 0 Å². The highest BCUT2D eigenvalue weighted by molar-refractivity contribution is 5.58. The Labute approximate surface area is 118 Å². The Balaban J connectivity index is 2.10. The number of rotatable bonds is 6. The first-order valence-electron chi connectivity index (χ1n) is 6.55. The van der Waals surface area contributed by atoms with Crippen molar-refractivity contribution >= 4 is 6.08 Å². The minimum absolute atomic E-state index is 0.0159. The van der Waals surface area contributed by atoms with Crippen LogP contribution < -0.4 is 4.74 Å². The number of benzene rings is 1. The molecule has 1 aromatic rings. The number of ether oxygens (including phenoxy) is 2. The molecule has 1 aromatic carbocycles. The zero-order chi connectivity index (χ0) is 14.7. The van der Waals surface area contributed by atoms with Crippen LogP contribution in [0, 0.1) is 0 Å². The van der Waals surface area contributed by atoms with E-state index in [0.29, 0.717) is 11.3 Å². The molecular formula is C15H20O5. The van der Waals surface area contributed by atoms with Gasteiger partial charge >= 0.3 is 0 Å². The molecule has 0 aliphatic carbocycles. The van der Waals surface area contributed by atoms with Crippen LogP contribution in [-0.4, -0.2) is 46.8 Å². The summed E-state index contributed by atoms with van der Waals surface area (Å²) in [5.41, 5.74) is 1.38. The molecule has 1 saturated heterocycles. The fourth-order valence-corrected chi connectivity index (χ4v) is 2.17. The molecule has 0 saturated carbocycles. The summed E-state index contributed by atoms with van der Waals surface area (Å²) in [5.74, 6) is 0.587. The van der Waals surface area contributed by atoms with E-state index >= 15 is 0 Å². The van der Waals surface area contributed by atoms with Gasteiger partial charge in [0.2, 0.25) is 0 Å². The summed E-state index contributed by atoms with van der Waals surface area (Å²) in [6.45, 7) is 1.68. The quantitative estimate of drug-likeness (QED) is 0.669. The van der Waals surface area contributed by atoms with Gasteiger partial charge in [-0.15, -0.1) is 0 Å². The summed E-state index contributed by atoms with van der Waals surface area (Å²) in [6.07, 6.45) is 0.879. The molecular weight excluding hydrogens is 260 g/mol. The summed E-state index contributed by atoms with van der Waals surface area (Å²) >= 11 is 0. The third-order valence-electron chi connectivity index (χ3n) is 3.46. The average Bonchev–Trinajstić information content (AvgIpc) is 3.20. The van der Waals surface area contributed by atoms with Crippen molar-refractivity contribution < 1.29 is 24.8 Å². The van der Waals surface area contributed by atoms with Gasteiger partial charge in [0.1, 0.15) is 24.1 Å². The van der Waals surface area contributed by atoms with Gasteiger partial charge in [0.05, 0.1) is 19.8 Å². The third kappa shape index (κ3) is 3.19. The summed E-state index contributed by atoms with van der Waals surface area (Å²) < 4.78 is 10.3. The van der Waals surface area contributed by atoms with Crippen LogP contribution in [-0.2, 0) is 11.3 Å². The number of aliphatic hydroxyl groups is 3. The minimum atomic E-state index is -1.01. The highest BCUT2D eigenvalue weighted by atomic mass is 16.6. The lowest BCUT2D eigenvalue weighted by Crippen LogP contribution is -2.30. The van der Waals surface area contributed by atoms with Crippen molar-refractivity contribution in [2.45, 2.75) is 37.9 Å². The van der Waals surface area contributed by atoms with E-state index in [1.165, 1.54) is 13.2 Å². The van der Waals surface area contributed by atoms with E-state index in [9.17, 15) is 15.3 Å². The van der Waals surface area contributed by atoms with E-state index < -0.39 is 12.2 Å². The van der Waals surface area contributed by atoms with Crippen LogP contribution in [0.25, 0.3) is 6.08 Å². The number of methoxy groups -OCH3 is 1. The zero-order valence-electron chi connectivity index (χ0n) is 11.6. The molecule has 1 heterocycles. The number of epoxide rings is 1. The van der Waals surface area contributed by atoms with Gasteiger partial charge in [-0.25, -0.2) is 0 Å². The van der Waals surface area contributed by atoms with Crippen LogP contribution >= 0.6 is 0 Å². The largest absolute Gasteiger partial charge is 0.496 e.